The van der Waals surface area contributed by atoms with Crippen LogP contribution in [0.3, 0.4) is 0 Å². The fourth-order valence-electron chi connectivity index (χ4n) is 2.07. The minimum atomic E-state index is 0.455. The van der Waals surface area contributed by atoms with Crippen LogP contribution in [0.2, 0.25) is 0 Å². The summed E-state index contributed by atoms with van der Waals surface area (Å²) in [4.78, 5) is 4.48. The van der Waals surface area contributed by atoms with Gasteiger partial charge >= 0.3 is 0 Å². The summed E-state index contributed by atoms with van der Waals surface area (Å²) in [7, 11) is 1.70. The summed E-state index contributed by atoms with van der Waals surface area (Å²) in [5.74, 6) is 1.63. The first-order chi connectivity index (χ1) is 8.63. The van der Waals surface area contributed by atoms with Crippen LogP contribution < -0.4 is 10.1 Å². The van der Waals surface area contributed by atoms with Crippen molar-refractivity contribution in [3.8, 4) is 5.75 Å². The van der Waals surface area contributed by atoms with E-state index in [1.807, 2.05) is 13.1 Å². The number of nitrogens with one attached hydrogen (secondary N) is 1. The van der Waals surface area contributed by atoms with Crippen molar-refractivity contribution < 1.29 is 4.74 Å². The third-order valence-corrected chi connectivity index (χ3v) is 3.48. The summed E-state index contributed by atoms with van der Waals surface area (Å²) in [6.07, 6.45) is 3.93. The smallest absolute Gasteiger partial charge is 0.128 e. The molecule has 0 aliphatic heterocycles. The predicted octanol–water partition coefficient (Wildman–Crippen LogP) is 3.20. The molecule has 3 nitrogen and oxygen atoms in total. The lowest BCUT2D eigenvalue weighted by molar-refractivity contribution is 0.405. The van der Waals surface area contributed by atoms with Gasteiger partial charge in [0.1, 0.15) is 5.75 Å². The van der Waals surface area contributed by atoms with Crippen molar-refractivity contribution in [1.82, 2.24) is 10.3 Å². The Labute approximate surface area is 115 Å². The molecule has 0 aliphatic carbocycles. The number of pyridine rings is 1. The third-order valence-electron chi connectivity index (χ3n) is 3.26. The third kappa shape index (κ3) is 3.85. The van der Waals surface area contributed by atoms with Crippen LogP contribution in [0.5, 0.6) is 5.75 Å². The normalized spacial score (nSPS) is 12.5. The second kappa shape index (κ2) is 7.59. The van der Waals surface area contributed by atoms with Crippen molar-refractivity contribution in [2.75, 3.05) is 13.0 Å². The quantitative estimate of drug-likeness (QED) is 0.773. The van der Waals surface area contributed by atoms with Crippen LogP contribution in [-0.4, -0.2) is 24.0 Å². The van der Waals surface area contributed by atoms with Gasteiger partial charge in [-0.05, 0) is 26.7 Å². The summed E-state index contributed by atoms with van der Waals surface area (Å²) in [5.41, 5.74) is 3.24. The van der Waals surface area contributed by atoms with Gasteiger partial charge in [0.25, 0.3) is 0 Å². The maximum Gasteiger partial charge on any atom is 0.128 e. The van der Waals surface area contributed by atoms with Crippen molar-refractivity contribution in [1.29, 1.82) is 0 Å². The molecule has 18 heavy (non-hydrogen) atoms. The number of ether oxygens (including phenoxy) is 1. The number of halogens is 1. The zero-order valence-electron chi connectivity index (χ0n) is 11.7. The van der Waals surface area contributed by atoms with Gasteiger partial charge in [0.2, 0.25) is 0 Å². The van der Waals surface area contributed by atoms with Crippen molar-refractivity contribution >= 4 is 11.6 Å². The molecule has 0 fully saturated rings. The number of nitrogens with zero attached hydrogens (tertiary/aromatic N) is 1. The van der Waals surface area contributed by atoms with E-state index >= 15 is 0 Å². The molecule has 1 aromatic rings. The molecule has 1 N–H and O–H groups in total. The van der Waals surface area contributed by atoms with Gasteiger partial charge in [-0.25, -0.2) is 0 Å². The van der Waals surface area contributed by atoms with Gasteiger partial charge in [0.05, 0.1) is 12.8 Å². The first-order valence-corrected chi connectivity index (χ1v) is 6.95. The molecule has 0 bridgehead atoms. The Morgan fingerprint density at radius 3 is 2.72 bits per heavy atom. The molecule has 0 amide bonds. The summed E-state index contributed by atoms with van der Waals surface area (Å²) in [6, 6.07) is 0.455. The van der Waals surface area contributed by atoms with Crippen LogP contribution in [-0.2, 0) is 6.54 Å². The lowest BCUT2D eigenvalue weighted by atomic mass is 10.1. The number of hydrogen-bond donors (Lipinski definition) is 1. The Hall–Kier alpha value is -0.800. The molecule has 1 unspecified atom stereocenters. The predicted molar refractivity (Wildman–Crippen MR) is 76.5 cm³/mol. The molecule has 0 radical (unpaired) electrons. The van der Waals surface area contributed by atoms with Gasteiger partial charge in [-0.3, -0.25) is 4.98 Å². The summed E-state index contributed by atoms with van der Waals surface area (Å²) in [6.45, 7) is 6.99. The lowest BCUT2D eigenvalue weighted by Crippen LogP contribution is -2.29. The topological polar surface area (TPSA) is 34.2 Å². The first-order valence-electron chi connectivity index (χ1n) is 6.42. The summed E-state index contributed by atoms with van der Waals surface area (Å²) < 4.78 is 5.41. The highest BCUT2D eigenvalue weighted by atomic mass is 35.5. The van der Waals surface area contributed by atoms with E-state index in [9.17, 15) is 0 Å². The lowest BCUT2D eigenvalue weighted by Gasteiger charge is -2.17. The first kappa shape index (κ1) is 15.3. The van der Waals surface area contributed by atoms with E-state index in [2.05, 4.69) is 24.1 Å². The number of alkyl halides is 1. The number of aryl methyl sites for hydroxylation is 1. The Bertz CT molecular complexity index is 382. The number of aromatic nitrogens is 1. The SMILES string of the molecule is CCC(CCCl)NCc1ncc(C)c(OC)c1C. The number of hydrogen-bond acceptors (Lipinski definition) is 3. The summed E-state index contributed by atoms with van der Waals surface area (Å²) >= 11 is 5.78. The molecule has 1 rings (SSSR count). The monoisotopic (exact) mass is 270 g/mol. The fraction of sp³-hybridized carbons (Fsp3) is 0.643. The minimum Gasteiger partial charge on any atom is -0.496 e. The van der Waals surface area contributed by atoms with E-state index in [-0.39, 0.29) is 0 Å². The van der Waals surface area contributed by atoms with E-state index in [0.717, 1.165) is 42.0 Å². The zero-order chi connectivity index (χ0) is 13.5. The van der Waals surface area contributed by atoms with E-state index in [4.69, 9.17) is 16.3 Å². The van der Waals surface area contributed by atoms with Crippen LogP contribution in [0.4, 0.5) is 0 Å². The van der Waals surface area contributed by atoms with E-state index in [0.29, 0.717) is 11.9 Å². The molecule has 0 spiro atoms. The molecular formula is C14H23ClN2O. The minimum absolute atomic E-state index is 0.455. The van der Waals surface area contributed by atoms with E-state index in [1.165, 1.54) is 0 Å². The Morgan fingerprint density at radius 1 is 1.44 bits per heavy atom. The van der Waals surface area contributed by atoms with Crippen LogP contribution in [0.25, 0.3) is 0 Å². The molecule has 1 heterocycles. The summed E-state index contributed by atoms with van der Waals surface area (Å²) in [5, 5.41) is 3.50. The van der Waals surface area contributed by atoms with Crippen molar-refractivity contribution in [3.05, 3.63) is 23.0 Å². The Balaban J connectivity index is 2.73. The molecule has 1 aromatic heterocycles. The van der Waals surface area contributed by atoms with E-state index in [1.54, 1.807) is 7.11 Å². The standard InChI is InChI=1S/C14H23ClN2O/c1-5-12(6-7-15)16-9-13-11(3)14(18-4)10(2)8-17-13/h8,12,16H,5-7,9H2,1-4H3. The molecule has 4 heteroatoms. The van der Waals surface area contributed by atoms with E-state index < -0.39 is 0 Å². The number of methoxy groups -OCH3 is 1. The van der Waals surface area contributed by atoms with Gasteiger partial charge in [-0.2, -0.15) is 0 Å². The molecule has 1 atom stereocenters. The van der Waals surface area contributed by atoms with Gasteiger partial charge in [-0.1, -0.05) is 6.92 Å². The molecule has 0 aliphatic rings. The van der Waals surface area contributed by atoms with Gasteiger partial charge in [0, 0.05) is 35.8 Å². The largest absolute Gasteiger partial charge is 0.496 e. The molecule has 0 aromatic carbocycles. The molecule has 102 valence electrons. The van der Waals surface area contributed by atoms with Gasteiger partial charge in [-0.15, -0.1) is 11.6 Å². The number of rotatable bonds is 7. The van der Waals surface area contributed by atoms with Gasteiger partial charge in [0.15, 0.2) is 0 Å². The second-order valence-corrected chi connectivity index (χ2v) is 4.89. The van der Waals surface area contributed by atoms with Crippen molar-refractivity contribution in [2.45, 2.75) is 46.2 Å². The van der Waals surface area contributed by atoms with Crippen LogP contribution >= 0.6 is 11.6 Å². The van der Waals surface area contributed by atoms with Crippen LogP contribution in [0.15, 0.2) is 6.20 Å². The molecule has 0 saturated carbocycles. The van der Waals surface area contributed by atoms with Crippen molar-refractivity contribution in [2.24, 2.45) is 0 Å². The highest BCUT2D eigenvalue weighted by molar-refractivity contribution is 6.17. The maximum absolute atomic E-state index is 5.78. The maximum atomic E-state index is 5.78. The van der Waals surface area contributed by atoms with Crippen LogP contribution in [0.1, 0.15) is 36.6 Å². The molecular weight excluding hydrogens is 248 g/mol. The Kier molecular flexibility index (Phi) is 6.44. The second-order valence-electron chi connectivity index (χ2n) is 4.51. The zero-order valence-corrected chi connectivity index (χ0v) is 12.5. The van der Waals surface area contributed by atoms with Gasteiger partial charge < -0.3 is 10.1 Å². The average molecular weight is 271 g/mol. The fourth-order valence-corrected chi connectivity index (χ4v) is 2.34. The Morgan fingerprint density at radius 2 is 2.17 bits per heavy atom. The van der Waals surface area contributed by atoms with Crippen molar-refractivity contribution in [3.63, 3.8) is 0 Å². The van der Waals surface area contributed by atoms with Crippen LogP contribution in [0, 0.1) is 13.8 Å². The molecule has 0 saturated heterocycles. The highest BCUT2D eigenvalue weighted by Crippen LogP contribution is 2.23. The highest BCUT2D eigenvalue weighted by Gasteiger charge is 2.11. The average Bonchev–Trinajstić information content (AvgIpc) is 2.37.